The van der Waals surface area contributed by atoms with Crippen LogP contribution < -0.4 is 5.73 Å². The van der Waals surface area contributed by atoms with Crippen LogP contribution in [0.2, 0.25) is 0 Å². The van der Waals surface area contributed by atoms with Crippen LogP contribution in [0.15, 0.2) is 61.2 Å². The van der Waals surface area contributed by atoms with Gasteiger partial charge in [-0.15, -0.1) is 0 Å². The molecule has 0 atom stereocenters. The Morgan fingerprint density at radius 1 is 1.05 bits per heavy atom. The maximum atomic E-state index is 11.2. The fourth-order valence-electron chi connectivity index (χ4n) is 1.93. The van der Waals surface area contributed by atoms with Gasteiger partial charge in [-0.3, -0.25) is 9.78 Å². The summed E-state index contributed by atoms with van der Waals surface area (Å²) in [4.78, 5) is 15.2. The van der Waals surface area contributed by atoms with E-state index in [2.05, 4.69) is 10.1 Å². The van der Waals surface area contributed by atoms with Crippen molar-refractivity contribution in [2.45, 2.75) is 0 Å². The fourth-order valence-corrected chi connectivity index (χ4v) is 1.93. The van der Waals surface area contributed by atoms with Gasteiger partial charge >= 0.3 is 0 Å². The molecule has 20 heavy (non-hydrogen) atoms. The average molecular weight is 264 g/mol. The molecule has 0 aliphatic rings. The zero-order chi connectivity index (χ0) is 13.9. The lowest BCUT2D eigenvalue weighted by molar-refractivity contribution is 0.1000. The highest BCUT2D eigenvalue weighted by atomic mass is 16.1. The molecule has 2 aromatic heterocycles. The highest BCUT2D eigenvalue weighted by Gasteiger charge is 2.07. The summed E-state index contributed by atoms with van der Waals surface area (Å²) >= 11 is 0. The molecule has 5 heteroatoms. The Hall–Kier alpha value is -2.95. The zero-order valence-electron chi connectivity index (χ0n) is 10.6. The maximum absolute atomic E-state index is 11.2. The number of carbonyl (C=O) groups excluding carboxylic acids is 1. The predicted octanol–water partition coefficient (Wildman–Crippen LogP) is 2.03. The van der Waals surface area contributed by atoms with Crippen LogP contribution in [-0.4, -0.2) is 20.7 Å². The third kappa shape index (κ3) is 2.29. The number of nitrogens with two attached hydrogens (primary N) is 1. The number of pyridine rings is 1. The minimum absolute atomic E-state index is 0.384. The van der Waals surface area contributed by atoms with Crippen LogP contribution in [0.1, 0.15) is 10.4 Å². The molecule has 2 heterocycles. The summed E-state index contributed by atoms with van der Waals surface area (Å²) in [5.74, 6) is -0.491. The van der Waals surface area contributed by atoms with Crippen molar-refractivity contribution in [3.05, 3.63) is 66.7 Å². The smallest absolute Gasteiger partial charge is 0.250 e. The Bertz CT molecular complexity index is 749. The van der Waals surface area contributed by atoms with Crippen LogP contribution in [0.4, 0.5) is 0 Å². The minimum atomic E-state index is -0.491. The van der Waals surface area contributed by atoms with Crippen molar-refractivity contribution in [3.63, 3.8) is 0 Å². The lowest BCUT2D eigenvalue weighted by Crippen LogP contribution is -2.11. The summed E-state index contributed by atoms with van der Waals surface area (Å²) in [5, 5.41) is 4.31. The van der Waals surface area contributed by atoms with Gasteiger partial charge in [0.25, 0.3) is 0 Å². The Balaban J connectivity index is 1.98. The first-order chi connectivity index (χ1) is 9.74. The normalized spacial score (nSPS) is 10.4. The van der Waals surface area contributed by atoms with E-state index < -0.39 is 5.91 Å². The summed E-state index contributed by atoms with van der Waals surface area (Å²) in [6.07, 6.45) is 6.75. The number of amides is 1. The molecule has 0 unspecified atom stereocenters. The molecule has 0 aliphatic heterocycles. The fraction of sp³-hybridized carbons (Fsp3) is 0. The van der Waals surface area contributed by atoms with Gasteiger partial charge in [0.1, 0.15) is 0 Å². The number of aromatic nitrogens is 3. The van der Waals surface area contributed by atoms with Crippen LogP contribution in [0, 0.1) is 0 Å². The second-order valence-electron chi connectivity index (χ2n) is 4.34. The Morgan fingerprint density at radius 2 is 1.85 bits per heavy atom. The number of para-hydroxylation sites is 1. The molecule has 0 fully saturated rings. The van der Waals surface area contributed by atoms with Crippen molar-refractivity contribution in [2.24, 2.45) is 5.73 Å². The summed E-state index contributed by atoms with van der Waals surface area (Å²) in [5.41, 5.74) is 8.30. The molecule has 5 nitrogen and oxygen atoms in total. The number of nitrogens with zero attached hydrogens (tertiary/aromatic N) is 3. The first-order valence-corrected chi connectivity index (χ1v) is 6.09. The molecule has 0 radical (unpaired) electrons. The van der Waals surface area contributed by atoms with E-state index in [4.69, 9.17) is 5.73 Å². The van der Waals surface area contributed by atoms with Gasteiger partial charge in [-0.05, 0) is 18.2 Å². The zero-order valence-corrected chi connectivity index (χ0v) is 10.6. The van der Waals surface area contributed by atoms with Crippen LogP contribution in [-0.2, 0) is 0 Å². The van der Waals surface area contributed by atoms with E-state index in [0.717, 1.165) is 16.8 Å². The Labute approximate surface area is 115 Å². The quantitative estimate of drug-likeness (QED) is 0.786. The topological polar surface area (TPSA) is 73.8 Å². The lowest BCUT2D eigenvalue weighted by atomic mass is 10.1. The number of benzene rings is 1. The van der Waals surface area contributed by atoms with Crippen molar-refractivity contribution in [1.29, 1.82) is 0 Å². The number of primary amides is 1. The van der Waals surface area contributed by atoms with E-state index in [9.17, 15) is 4.79 Å². The molecule has 1 aromatic carbocycles. The summed E-state index contributed by atoms with van der Waals surface area (Å²) in [6.45, 7) is 0. The van der Waals surface area contributed by atoms with E-state index >= 15 is 0 Å². The van der Waals surface area contributed by atoms with E-state index in [1.165, 1.54) is 6.20 Å². The molecular formula is C15H12N4O. The number of hydrogen-bond donors (Lipinski definition) is 1. The van der Waals surface area contributed by atoms with Crippen LogP contribution >= 0.6 is 0 Å². The van der Waals surface area contributed by atoms with Gasteiger partial charge in [0, 0.05) is 29.7 Å². The molecule has 1 amide bonds. The van der Waals surface area contributed by atoms with Gasteiger partial charge < -0.3 is 5.73 Å². The van der Waals surface area contributed by atoms with Gasteiger partial charge in [0.15, 0.2) is 0 Å². The lowest BCUT2D eigenvalue weighted by Gasteiger charge is -2.00. The summed E-state index contributed by atoms with van der Waals surface area (Å²) in [7, 11) is 0. The van der Waals surface area contributed by atoms with E-state index in [1.54, 1.807) is 23.1 Å². The third-order valence-electron chi connectivity index (χ3n) is 2.96. The average Bonchev–Trinajstić information content (AvgIpc) is 2.98. The van der Waals surface area contributed by atoms with Crippen LogP contribution in [0.5, 0.6) is 0 Å². The van der Waals surface area contributed by atoms with Crippen molar-refractivity contribution >= 4 is 5.91 Å². The monoisotopic (exact) mass is 264 g/mol. The van der Waals surface area contributed by atoms with Gasteiger partial charge in [-0.1, -0.05) is 18.2 Å². The van der Waals surface area contributed by atoms with Gasteiger partial charge in [0.05, 0.1) is 17.4 Å². The Kier molecular flexibility index (Phi) is 3.01. The molecule has 0 aliphatic carbocycles. The van der Waals surface area contributed by atoms with Crippen molar-refractivity contribution in [3.8, 4) is 16.8 Å². The molecule has 0 saturated heterocycles. The summed E-state index contributed by atoms with van der Waals surface area (Å²) < 4.78 is 1.77. The minimum Gasteiger partial charge on any atom is -0.366 e. The van der Waals surface area contributed by atoms with E-state index in [1.807, 2.05) is 36.5 Å². The molecule has 0 saturated carbocycles. The molecule has 3 aromatic rings. The molecular weight excluding hydrogens is 252 g/mol. The van der Waals surface area contributed by atoms with Crippen LogP contribution in [0.3, 0.4) is 0 Å². The van der Waals surface area contributed by atoms with Gasteiger partial charge in [-0.2, -0.15) is 5.10 Å². The molecule has 2 N–H and O–H groups in total. The SMILES string of the molecule is NC(=O)c1cncc(-c2cnn(-c3ccccc3)c2)c1. The van der Waals surface area contributed by atoms with Gasteiger partial charge in [0.2, 0.25) is 5.91 Å². The third-order valence-corrected chi connectivity index (χ3v) is 2.96. The van der Waals surface area contributed by atoms with E-state index in [0.29, 0.717) is 5.56 Å². The van der Waals surface area contributed by atoms with Crippen molar-refractivity contribution < 1.29 is 4.79 Å². The standard InChI is InChI=1S/C15H12N4O/c16-15(20)12-6-11(7-17-8-12)13-9-18-19(10-13)14-4-2-1-3-5-14/h1-10H,(H2,16,20). The maximum Gasteiger partial charge on any atom is 0.250 e. The highest BCUT2D eigenvalue weighted by Crippen LogP contribution is 2.20. The largest absolute Gasteiger partial charge is 0.366 e. The highest BCUT2D eigenvalue weighted by molar-refractivity contribution is 5.93. The van der Waals surface area contributed by atoms with Crippen molar-refractivity contribution in [1.82, 2.24) is 14.8 Å². The number of hydrogen-bond acceptors (Lipinski definition) is 3. The molecule has 0 spiro atoms. The molecule has 0 bridgehead atoms. The number of rotatable bonds is 3. The second kappa shape index (κ2) is 4.97. The van der Waals surface area contributed by atoms with Crippen LogP contribution in [0.25, 0.3) is 16.8 Å². The first kappa shape index (κ1) is 12.1. The number of carbonyl (C=O) groups is 1. The predicted molar refractivity (Wildman–Crippen MR) is 75.3 cm³/mol. The van der Waals surface area contributed by atoms with Crippen molar-refractivity contribution in [2.75, 3.05) is 0 Å². The summed E-state index contributed by atoms with van der Waals surface area (Å²) in [6, 6.07) is 11.5. The Morgan fingerprint density at radius 3 is 2.60 bits per heavy atom. The molecule has 3 rings (SSSR count). The first-order valence-electron chi connectivity index (χ1n) is 6.09. The second-order valence-corrected chi connectivity index (χ2v) is 4.34. The van der Waals surface area contributed by atoms with Gasteiger partial charge in [-0.25, -0.2) is 4.68 Å². The molecule has 98 valence electrons. The van der Waals surface area contributed by atoms with E-state index in [-0.39, 0.29) is 0 Å².